The lowest BCUT2D eigenvalue weighted by Crippen LogP contribution is -2.22. The van der Waals surface area contributed by atoms with Crippen LogP contribution in [0.4, 0.5) is 0 Å². The van der Waals surface area contributed by atoms with Gasteiger partial charge < -0.3 is 9.84 Å². The van der Waals surface area contributed by atoms with E-state index in [-0.39, 0.29) is 0 Å². The summed E-state index contributed by atoms with van der Waals surface area (Å²) in [4.78, 5) is 0. The summed E-state index contributed by atoms with van der Waals surface area (Å²) in [6.07, 6.45) is 3.20. The predicted molar refractivity (Wildman–Crippen MR) is 49.5 cm³/mol. The highest BCUT2D eigenvalue weighted by Crippen LogP contribution is 1.96. The second-order valence-corrected chi connectivity index (χ2v) is 3.05. The zero-order chi connectivity index (χ0) is 9.68. The largest absolute Gasteiger partial charge is 0.389 e. The van der Waals surface area contributed by atoms with E-state index >= 15 is 0 Å². The van der Waals surface area contributed by atoms with E-state index in [4.69, 9.17) is 4.74 Å². The molecule has 4 nitrogen and oxygen atoms in total. The van der Waals surface area contributed by atoms with Crippen molar-refractivity contribution in [3.63, 3.8) is 0 Å². The molecule has 0 saturated heterocycles. The molecular formula is C9H16N2O2. The van der Waals surface area contributed by atoms with Crippen LogP contribution >= 0.6 is 0 Å². The molecule has 4 heteroatoms. The fourth-order valence-electron chi connectivity index (χ4n) is 1.09. The molecule has 1 heterocycles. The van der Waals surface area contributed by atoms with Crippen LogP contribution in [0.2, 0.25) is 0 Å². The van der Waals surface area contributed by atoms with Crippen LogP contribution in [0.25, 0.3) is 0 Å². The Kier molecular flexibility index (Phi) is 3.92. The van der Waals surface area contributed by atoms with Gasteiger partial charge >= 0.3 is 0 Å². The number of aryl methyl sites for hydroxylation is 1. The molecule has 74 valence electrons. The Balaban J connectivity index is 2.31. The Morgan fingerprint density at radius 3 is 3.00 bits per heavy atom. The second kappa shape index (κ2) is 4.99. The zero-order valence-corrected chi connectivity index (χ0v) is 8.10. The number of rotatable bonds is 5. The Morgan fingerprint density at radius 1 is 1.69 bits per heavy atom. The first-order valence-electron chi connectivity index (χ1n) is 4.47. The second-order valence-electron chi connectivity index (χ2n) is 3.05. The molecule has 0 aliphatic heterocycles. The molecule has 0 amide bonds. The number of hydrogen-bond donors (Lipinski definition) is 1. The quantitative estimate of drug-likeness (QED) is 0.728. The van der Waals surface area contributed by atoms with Gasteiger partial charge in [0.25, 0.3) is 0 Å². The average molecular weight is 184 g/mol. The summed E-state index contributed by atoms with van der Waals surface area (Å²) in [7, 11) is 0. The Labute approximate surface area is 78.1 Å². The maximum atomic E-state index is 9.46. The van der Waals surface area contributed by atoms with Gasteiger partial charge in [0.15, 0.2) is 0 Å². The van der Waals surface area contributed by atoms with E-state index in [0.717, 1.165) is 5.56 Å². The molecule has 1 aromatic rings. The van der Waals surface area contributed by atoms with E-state index in [1.165, 1.54) is 0 Å². The third-order valence-corrected chi connectivity index (χ3v) is 1.67. The van der Waals surface area contributed by atoms with Crippen molar-refractivity contribution in [3.8, 4) is 0 Å². The fraction of sp³-hybridized carbons (Fsp3) is 0.667. The van der Waals surface area contributed by atoms with Gasteiger partial charge in [0, 0.05) is 12.8 Å². The van der Waals surface area contributed by atoms with Crippen LogP contribution in [0, 0.1) is 6.92 Å². The molecule has 0 saturated carbocycles. The highest BCUT2D eigenvalue weighted by atomic mass is 16.5. The molecule has 1 N–H and O–H groups in total. The van der Waals surface area contributed by atoms with Crippen molar-refractivity contribution in [1.29, 1.82) is 0 Å². The summed E-state index contributed by atoms with van der Waals surface area (Å²) in [5.41, 5.74) is 1.10. The van der Waals surface area contributed by atoms with Gasteiger partial charge in [-0.05, 0) is 19.4 Å². The van der Waals surface area contributed by atoms with Gasteiger partial charge in [0.1, 0.15) is 0 Å². The Bertz CT molecular complexity index is 248. The molecule has 0 radical (unpaired) electrons. The van der Waals surface area contributed by atoms with E-state index in [1.807, 2.05) is 20.0 Å². The van der Waals surface area contributed by atoms with Gasteiger partial charge in [0.2, 0.25) is 0 Å². The monoisotopic (exact) mass is 184 g/mol. The number of nitrogens with zero attached hydrogens (tertiary/aromatic N) is 2. The number of ether oxygens (including phenoxy) is 1. The Morgan fingerprint density at radius 2 is 2.46 bits per heavy atom. The molecule has 0 fully saturated rings. The summed E-state index contributed by atoms with van der Waals surface area (Å²) in [6.45, 7) is 5.38. The average Bonchev–Trinajstić information content (AvgIpc) is 2.48. The van der Waals surface area contributed by atoms with Gasteiger partial charge in [0.05, 0.1) is 25.5 Å². The molecule has 1 atom stereocenters. The lowest BCUT2D eigenvalue weighted by Gasteiger charge is -2.09. The molecule has 1 unspecified atom stereocenters. The molecular weight excluding hydrogens is 168 g/mol. The molecule has 1 aromatic heterocycles. The van der Waals surface area contributed by atoms with Crippen molar-refractivity contribution < 1.29 is 9.84 Å². The van der Waals surface area contributed by atoms with Crippen LogP contribution in [-0.2, 0) is 11.3 Å². The minimum Gasteiger partial charge on any atom is -0.389 e. The van der Waals surface area contributed by atoms with Gasteiger partial charge in [-0.25, -0.2) is 0 Å². The standard InChI is InChI=1S/C9H16N2O2/c1-3-13-7-9(12)6-11-5-8(2)4-10-11/h4-5,9,12H,3,6-7H2,1-2H3. The smallest absolute Gasteiger partial charge is 0.0968 e. The van der Waals surface area contributed by atoms with Crippen molar-refractivity contribution in [2.24, 2.45) is 0 Å². The first-order valence-corrected chi connectivity index (χ1v) is 4.47. The normalized spacial score (nSPS) is 13.2. The first-order chi connectivity index (χ1) is 6.22. The summed E-state index contributed by atoms with van der Waals surface area (Å²) >= 11 is 0. The third kappa shape index (κ3) is 3.57. The van der Waals surface area contributed by atoms with Gasteiger partial charge in [-0.3, -0.25) is 4.68 Å². The molecule has 0 bridgehead atoms. The van der Waals surface area contributed by atoms with Gasteiger partial charge in [-0.2, -0.15) is 5.10 Å². The van der Waals surface area contributed by atoms with Crippen molar-refractivity contribution in [2.75, 3.05) is 13.2 Å². The molecule has 1 rings (SSSR count). The van der Waals surface area contributed by atoms with E-state index in [1.54, 1.807) is 10.9 Å². The van der Waals surface area contributed by atoms with Crippen molar-refractivity contribution in [3.05, 3.63) is 18.0 Å². The SMILES string of the molecule is CCOCC(O)Cn1cc(C)cn1. The van der Waals surface area contributed by atoms with Crippen molar-refractivity contribution >= 4 is 0 Å². The van der Waals surface area contributed by atoms with Gasteiger partial charge in [-0.1, -0.05) is 0 Å². The van der Waals surface area contributed by atoms with Crippen molar-refractivity contribution in [1.82, 2.24) is 9.78 Å². The Hall–Kier alpha value is -0.870. The van der Waals surface area contributed by atoms with Crippen LogP contribution in [0.5, 0.6) is 0 Å². The zero-order valence-electron chi connectivity index (χ0n) is 8.10. The topological polar surface area (TPSA) is 47.3 Å². The lowest BCUT2D eigenvalue weighted by molar-refractivity contribution is 0.0316. The maximum absolute atomic E-state index is 9.46. The highest BCUT2D eigenvalue weighted by Gasteiger charge is 2.05. The molecule has 0 aliphatic carbocycles. The minimum atomic E-state index is -0.473. The summed E-state index contributed by atoms with van der Waals surface area (Å²) < 4.78 is 6.80. The van der Waals surface area contributed by atoms with Crippen LogP contribution in [0.15, 0.2) is 12.4 Å². The molecule has 0 spiro atoms. The molecule has 0 aliphatic rings. The molecule has 13 heavy (non-hydrogen) atoms. The van der Waals surface area contributed by atoms with E-state index < -0.39 is 6.10 Å². The third-order valence-electron chi connectivity index (χ3n) is 1.67. The van der Waals surface area contributed by atoms with Crippen LogP contribution in [-0.4, -0.2) is 34.2 Å². The highest BCUT2D eigenvalue weighted by molar-refractivity contribution is 4.99. The van der Waals surface area contributed by atoms with E-state index in [2.05, 4.69) is 5.10 Å². The number of aromatic nitrogens is 2. The minimum absolute atomic E-state index is 0.370. The summed E-state index contributed by atoms with van der Waals surface area (Å²) in [6, 6.07) is 0. The van der Waals surface area contributed by atoms with E-state index in [9.17, 15) is 5.11 Å². The lowest BCUT2D eigenvalue weighted by atomic mass is 10.4. The van der Waals surface area contributed by atoms with Crippen LogP contribution < -0.4 is 0 Å². The number of hydrogen-bond acceptors (Lipinski definition) is 3. The van der Waals surface area contributed by atoms with Gasteiger partial charge in [-0.15, -0.1) is 0 Å². The van der Waals surface area contributed by atoms with Crippen molar-refractivity contribution in [2.45, 2.75) is 26.5 Å². The summed E-state index contributed by atoms with van der Waals surface area (Å²) in [5, 5.41) is 13.5. The van der Waals surface area contributed by atoms with Crippen LogP contribution in [0.3, 0.4) is 0 Å². The summed E-state index contributed by atoms with van der Waals surface area (Å²) in [5.74, 6) is 0. The number of aliphatic hydroxyl groups excluding tert-OH is 1. The first kappa shape index (κ1) is 10.2. The number of aliphatic hydroxyl groups is 1. The fourth-order valence-corrected chi connectivity index (χ4v) is 1.09. The molecule has 0 aromatic carbocycles. The maximum Gasteiger partial charge on any atom is 0.0968 e. The van der Waals surface area contributed by atoms with E-state index in [0.29, 0.717) is 19.8 Å². The van der Waals surface area contributed by atoms with Crippen LogP contribution in [0.1, 0.15) is 12.5 Å². The predicted octanol–water partition coefficient (Wildman–Crippen LogP) is 0.589.